The highest BCUT2D eigenvalue weighted by atomic mass is 32.1. The summed E-state index contributed by atoms with van der Waals surface area (Å²) in [6.45, 7) is 0. The Labute approximate surface area is 91.7 Å². The van der Waals surface area contributed by atoms with Crippen LogP contribution in [0.25, 0.3) is 11.4 Å². The smallest absolute Gasteiger partial charge is 0.293 e. The average Bonchev–Trinajstić information content (AvgIpc) is 2.78. The van der Waals surface area contributed by atoms with Gasteiger partial charge in [0.05, 0.1) is 14.2 Å². The maximum absolute atomic E-state index is 5.07. The zero-order chi connectivity index (χ0) is 10.7. The fourth-order valence-electron chi connectivity index (χ4n) is 1.15. The molecule has 2 aromatic rings. The highest BCUT2D eigenvalue weighted by Gasteiger charge is 2.06. The molecule has 2 rings (SSSR count). The van der Waals surface area contributed by atoms with E-state index in [9.17, 15) is 0 Å². The van der Waals surface area contributed by atoms with Crippen molar-refractivity contribution in [2.45, 2.75) is 0 Å². The molecular formula is C10H10N2O2S. The molecule has 0 unspecified atom stereocenters. The van der Waals surface area contributed by atoms with Crippen LogP contribution in [0, 0.1) is 0 Å². The third-order valence-corrected chi connectivity index (χ3v) is 2.61. The Morgan fingerprint density at radius 1 is 1.07 bits per heavy atom. The van der Waals surface area contributed by atoms with E-state index >= 15 is 0 Å². The highest BCUT2D eigenvalue weighted by Crippen LogP contribution is 2.23. The number of methoxy groups -OCH3 is 2. The van der Waals surface area contributed by atoms with Crippen LogP contribution in [0.15, 0.2) is 24.3 Å². The third kappa shape index (κ3) is 2.07. The van der Waals surface area contributed by atoms with Crippen molar-refractivity contribution >= 4 is 11.5 Å². The quantitative estimate of drug-likeness (QED) is 0.798. The number of hydrogen-bond acceptors (Lipinski definition) is 5. The Morgan fingerprint density at radius 2 is 1.80 bits per heavy atom. The van der Waals surface area contributed by atoms with E-state index in [4.69, 9.17) is 9.47 Å². The summed E-state index contributed by atoms with van der Waals surface area (Å²) in [5, 5.41) is 0.570. The number of nitrogens with zero attached hydrogens (tertiary/aromatic N) is 2. The summed E-state index contributed by atoms with van der Waals surface area (Å²) < 4.78 is 14.2. The van der Waals surface area contributed by atoms with Crippen LogP contribution in [0.2, 0.25) is 0 Å². The zero-order valence-corrected chi connectivity index (χ0v) is 9.25. The molecule has 0 aliphatic carbocycles. The van der Waals surface area contributed by atoms with Crippen LogP contribution in [0.4, 0.5) is 0 Å². The van der Waals surface area contributed by atoms with Gasteiger partial charge in [-0.2, -0.15) is 9.36 Å². The summed E-state index contributed by atoms with van der Waals surface area (Å²) >= 11 is 1.24. The van der Waals surface area contributed by atoms with E-state index in [1.165, 1.54) is 11.5 Å². The van der Waals surface area contributed by atoms with Gasteiger partial charge < -0.3 is 9.47 Å². The van der Waals surface area contributed by atoms with Gasteiger partial charge in [0.25, 0.3) is 5.19 Å². The van der Waals surface area contributed by atoms with Gasteiger partial charge in [-0.3, -0.25) is 0 Å². The van der Waals surface area contributed by atoms with E-state index in [0.717, 1.165) is 11.3 Å². The number of ether oxygens (including phenoxy) is 2. The lowest BCUT2D eigenvalue weighted by molar-refractivity contribution is 0.412. The Morgan fingerprint density at radius 3 is 2.33 bits per heavy atom. The number of hydrogen-bond donors (Lipinski definition) is 0. The van der Waals surface area contributed by atoms with Crippen molar-refractivity contribution in [1.82, 2.24) is 9.36 Å². The van der Waals surface area contributed by atoms with Gasteiger partial charge >= 0.3 is 0 Å². The maximum atomic E-state index is 5.07. The molecule has 78 valence electrons. The normalized spacial score (nSPS) is 10.0. The minimum absolute atomic E-state index is 0.570. The number of benzene rings is 1. The summed E-state index contributed by atoms with van der Waals surface area (Å²) in [5.74, 6) is 1.50. The second-order valence-electron chi connectivity index (χ2n) is 2.82. The molecule has 0 atom stereocenters. The molecule has 1 aromatic carbocycles. The van der Waals surface area contributed by atoms with Gasteiger partial charge in [0, 0.05) is 17.1 Å². The summed E-state index contributed by atoms with van der Waals surface area (Å²) in [4.78, 5) is 4.20. The molecule has 0 spiro atoms. The van der Waals surface area contributed by atoms with E-state index in [-0.39, 0.29) is 0 Å². The summed E-state index contributed by atoms with van der Waals surface area (Å²) in [5.41, 5.74) is 0.954. The van der Waals surface area contributed by atoms with Gasteiger partial charge in [-0.05, 0) is 24.3 Å². The van der Waals surface area contributed by atoms with Crippen molar-refractivity contribution in [2.24, 2.45) is 0 Å². The van der Waals surface area contributed by atoms with Crippen molar-refractivity contribution < 1.29 is 9.47 Å². The standard InChI is InChI=1S/C10H10N2O2S/c1-13-8-5-3-7(4-6-8)9-11-10(14-2)15-12-9/h3-6H,1-2H3. The molecular weight excluding hydrogens is 212 g/mol. The van der Waals surface area contributed by atoms with Crippen LogP contribution in [-0.4, -0.2) is 23.6 Å². The van der Waals surface area contributed by atoms with E-state index in [0.29, 0.717) is 11.0 Å². The largest absolute Gasteiger partial charge is 0.497 e. The molecule has 0 N–H and O–H groups in total. The molecule has 0 bridgehead atoms. The first-order valence-corrected chi connectivity index (χ1v) is 5.13. The van der Waals surface area contributed by atoms with E-state index in [1.807, 2.05) is 24.3 Å². The molecule has 0 radical (unpaired) electrons. The van der Waals surface area contributed by atoms with Crippen LogP contribution in [0.5, 0.6) is 10.9 Å². The monoisotopic (exact) mass is 222 g/mol. The van der Waals surface area contributed by atoms with Crippen molar-refractivity contribution in [3.8, 4) is 22.3 Å². The molecule has 1 aromatic heterocycles. The van der Waals surface area contributed by atoms with Gasteiger partial charge in [-0.25, -0.2) is 0 Å². The number of aromatic nitrogens is 2. The lowest BCUT2D eigenvalue weighted by Crippen LogP contribution is -1.84. The lowest BCUT2D eigenvalue weighted by atomic mass is 10.2. The number of rotatable bonds is 3. The second kappa shape index (κ2) is 4.27. The van der Waals surface area contributed by atoms with E-state index < -0.39 is 0 Å². The predicted octanol–water partition coefficient (Wildman–Crippen LogP) is 2.22. The predicted molar refractivity (Wildman–Crippen MR) is 58.4 cm³/mol. The van der Waals surface area contributed by atoms with Crippen molar-refractivity contribution in [3.05, 3.63) is 24.3 Å². The third-order valence-electron chi connectivity index (χ3n) is 1.93. The Balaban J connectivity index is 2.28. The molecule has 0 amide bonds. The van der Waals surface area contributed by atoms with Gasteiger partial charge in [0.1, 0.15) is 5.75 Å². The summed E-state index contributed by atoms with van der Waals surface area (Å²) in [6.07, 6.45) is 0. The molecule has 0 saturated carbocycles. The molecule has 4 nitrogen and oxygen atoms in total. The maximum Gasteiger partial charge on any atom is 0.293 e. The lowest BCUT2D eigenvalue weighted by Gasteiger charge is -1.99. The SMILES string of the molecule is COc1ccc(-c2nsc(OC)n2)cc1. The molecule has 0 fully saturated rings. The van der Waals surface area contributed by atoms with Crippen molar-refractivity contribution in [2.75, 3.05) is 14.2 Å². The minimum atomic E-state index is 0.570. The first-order valence-electron chi connectivity index (χ1n) is 4.35. The molecule has 0 aliphatic heterocycles. The summed E-state index contributed by atoms with van der Waals surface area (Å²) in [7, 11) is 3.22. The van der Waals surface area contributed by atoms with Crippen LogP contribution in [0.1, 0.15) is 0 Å². The van der Waals surface area contributed by atoms with Crippen LogP contribution >= 0.6 is 11.5 Å². The minimum Gasteiger partial charge on any atom is -0.497 e. The van der Waals surface area contributed by atoms with Crippen molar-refractivity contribution in [1.29, 1.82) is 0 Å². The van der Waals surface area contributed by atoms with E-state index in [2.05, 4.69) is 9.36 Å². The molecule has 0 aliphatic rings. The topological polar surface area (TPSA) is 44.2 Å². The van der Waals surface area contributed by atoms with Gasteiger partial charge in [0.2, 0.25) is 0 Å². The molecule has 1 heterocycles. The Hall–Kier alpha value is -1.62. The zero-order valence-electron chi connectivity index (χ0n) is 8.43. The van der Waals surface area contributed by atoms with E-state index in [1.54, 1.807) is 14.2 Å². The average molecular weight is 222 g/mol. The second-order valence-corrected chi connectivity index (χ2v) is 3.53. The first-order chi connectivity index (χ1) is 7.33. The van der Waals surface area contributed by atoms with Crippen molar-refractivity contribution in [3.63, 3.8) is 0 Å². The first kappa shape index (κ1) is 9.92. The van der Waals surface area contributed by atoms with Crippen LogP contribution < -0.4 is 9.47 Å². The van der Waals surface area contributed by atoms with Gasteiger partial charge in [-0.1, -0.05) is 0 Å². The molecule has 5 heteroatoms. The molecule has 0 saturated heterocycles. The molecule has 15 heavy (non-hydrogen) atoms. The van der Waals surface area contributed by atoms with Gasteiger partial charge in [0.15, 0.2) is 5.82 Å². The van der Waals surface area contributed by atoms with Crippen LogP contribution in [0.3, 0.4) is 0 Å². The highest BCUT2D eigenvalue weighted by molar-refractivity contribution is 7.07. The Bertz CT molecular complexity index is 439. The van der Waals surface area contributed by atoms with Gasteiger partial charge in [-0.15, -0.1) is 0 Å². The Kier molecular flexibility index (Phi) is 2.82. The fourth-order valence-corrected chi connectivity index (χ4v) is 1.66. The fraction of sp³-hybridized carbons (Fsp3) is 0.200. The van der Waals surface area contributed by atoms with Crippen LogP contribution in [-0.2, 0) is 0 Å². The summed E-state index contributed by atoms with van der Waals surface area (Å²) in [6, 6.07) is 7.59.